The first kappa shape index (κ1) is 20.7. The number of amides is 2. The lowest BCUT2D eigenvalue weighted by molar-refractivity contribution is 0.0513. The van der Waals surface area contributed by atoms with Crippen LogP contribution in [0.4, 0.5) is 11.5 Å². The van der Waals surface area contributed by atoms with Crippen LogP contribution in [0.5, 0.6) is 0 Å². The number of nitrogens with zero attached hydrogens (tertiary/aromatic N) is 8. The summed E-state index contributed by atoms with van der Waals surface area (Å²) in [5.74, 6) is 0.411. The normalized spacial score (nSPS) is 13.9. The lowest BCUT2D eigenvalue weighted by atomic mass is 10.1. The van der Waals surface area contributed by atoms with E-state index in [1.54, 1.807) is 26.4 Å². The molecule has 174 valence electrons. The van der Waals surface area contributed by atoms with Gasteiger partial charge in [0.2, 0.25) is 11.4 Å². The van der Waals surface area contributed by atoms with Crippen molar-refractivity contribution in [3.05, 3.63) is 72.1 Å². The zero-order chi connectivity index (χ0) is 23.8. The van der Waals surface area contributed by atoms with Gasteiger partial charge >= 0.3 is 0 Å². The molecular formula is C23H19N9O3. The molecule has 1 N–H and O–H groups in total. The third kappa shape index (κ3) is 3.80. The van der Waals surface area contributed by atoms with Crippen molar-refractivity contribution in [2.24, 2.45) is 0 Å². The smallest absolute Gasteiger partial charge is 0.292 e. The molecule has 6 rings (SSSR count). The summed E-state index contributed by atoms with van der Waals surface area (Å²) in [4.78, 5) is 33.4. The second-order valence-electron chi connectivity index (χ2n) is 8.03. The van der Waals surface area contributed by atoms with E-state index in [0.717, 1.165) is 16.7 Å². The molecule has 12 heteroatoms. The highest BCUT2D eigenvalue weighted by Crippen LogP contribution is 2.23. The van der Waals surface area contributed by atoms with E-state index in [1.165, 1.54) is 12.3 Å². The van der Waals surface area contributed by atoms with Crippen LogP contribution in [0, 0.1) is 0 Å². The maximum absolute atomic E-state index is 13.0. The minimum Gasteiger partial charge on any atom is -0.351 e. The molecule has 1 aliphatic rings. The van der Waals surface area contributed by atoms with Gasteiger partial charge in [-0.15, -0.1) is 5.10 Å². The van der Waals surface area contributed by atoms with Crippen LogP contribution in [0.25, 0.3) is 16.7 Å². The molecule has 5 aromatic rings. The van der Waals surface area contributed by atoms with Gasteiger partial charge in [0.05, 0.1) is 17.2 Å². The topological polar surface area (TPSA) is 135 Å². The van der Waals surface area contributed by atoms with Gasteiger partial charge in [-0.25, -0.2) is 4.98 Å². The molecule has 3 aromatic heterocycles. The fraction of sp³-hybridized carbons (Fsp3) is 0.174. The Labute approximate surface area is 198 Å². The van der Waals surface area contributed by atoms with Crippen LogP contribution in [-0.4, -0.2) is 78.0 Å². The molecule has 0 aliphatic carbocycles. The quantitative estimate of drug-likeness (QED) is 0.419. The van der Waals surface area contributed by atoms with Crippen molar-refractivity contribution in [1.29, 1.82) is 0 Å². The Kier molecular flexibility index (Phi) is 5.02. The molecule has 0 saturated carbocycles. The minimum atomic E-state index is -0.218. The van der Waals surface area contributed by atoms with Crippen molar-refractivity contribution in [1.82, 2.24) is 40.0 Å². The van der Waals surface area contributed by atoms with Gasteiger partial charge in [-0.3, -0.25) is 9.59 Å². The number of nitrogens with one attached hydrogen (secondary N) is 1. The molecule has 0 spiro atoms. The average molecular weight is 469 g/mol. The molecule has 35 heavy (non-hydrogen) atoms. The summed E-state index contributed by atoms with van der Waals surface area (Å²) in [6.07, 6.45) is 1.44. The Morgan fingerprint density at radius 3 is 2.37 bits per heavy atom. The molecule has 4 heterocycles. The first-order chi connectivity index (χ1) is 17.2. The maximum Gasteiger partial charge on any atom is 0.292 e. The fourth-order valence-electron chi connectivity index (χ4n) is 4.10. The number of para-hydroxylation sites is 2. The second-order valence-corrected chi connectivity index (χ2v) is 8.03. The first-order valence-electron chi connectivity index (χ1n) is 11.0. The highest BCUT2D eigenvalue weighted by molar-refractivity contribution is 5.95. The fourth-order valence-corrected chi connectivity index (χ4v) is 4.10. The molecule has 0 unspecified atom stereocenters. The van der Waals surface area contributed by atoms with Crippen LogP contribution in [-0.2, 0) is 0 Å². The second kappa shape index (κ2) is 8.48. The number of carbonyl (C=O) groups excluding carboxylic acids is 2. The molecule has 0 bridgehead atoms. The van der Waals surface area contributed by atoms with Crippen molar-refractivity contribution < 1.29 is 14.1 Å². The number of aromatic nitrogens is 6. The molecule has 0 atom stereocenters. The number of rotatable bonds is 4. The lowest BCUT2D eigenvalue weighted by Gasteiger charge is -2.34. The number of hydrogen-bond acceptors (Lipinski definition) is 9. The summed E-state index contributed by atoms with van der Waals surface area (Å²) in [6, 6.07) is 16.3. The molecule has 12 nitrogen and oxygen atoms in total. The molecule has 2 amide bonds. The number of anilines is 2. The number of benzene rings is 2. The first-order valence-corrected chi connectivity index (χ1v) is 11.0. The molecular weight excluding hydrogens is 450 g/mol. The third-order valence-electron chi connectivity index (χ3n) is 5.92. The van der Waals surface area contributed by atoms with Crippen LogP contribution in [0.3, 0.4) is 0 Å². The SMILES string of the molecule is O=C(c1ccc(Nc2nc3ccccc3n3nnnc23)cc1)N1CCN(C(=O)c2ccno2)CC1. The van der Waals surface area contributed by atoms with E-state index < -0.39 is 0 Å². The van der Waals surface area contributed by atoms with Gasteiger partial charge in [0.1, 0.15) is 0 Å². The minimum absolute atomic E-state index is 0.0869. The van der Waals surface area contributed by atoms with Gasteiger partial charge in [0.25, 0.3) is 11.8 Å². The largest absolute Gasteiger partial charge is 0.351 e. The summed E-state index contributed by atoms with van der Waals surface area (Å²) < 4.78 is 6.58. The Bertz CT molecular complexity index is 1520. The Morgan fingerprint density at radius 1 is 0.886 bits per heavy atom. The molecule has 1 fully saturated rings. The average Bonchev–Trinajstić information content (AvgIpc) is 3.62. The monoisotopic (exact) mass is 469 g/mol. The van der Waals surface area contributed by atoms with E-state index >= 15 is 0 Å². The van der Waals surface area contributed by atoms with Gasteiger partial charge < -0.3 is 19.6 Å². The van der Waals surface area contributed by atoms with E-state index in [2.05, 4.69) is 31.0 Å². The van der Waals surface area contributed by atoms with E-state index in [4.69, 9.17) is 4.52 Å². The number of piperazine rings is 1. The zero-order valence-electron chi connectivity index (χ0n) is 18.4. The summed E-state index contributed by atoms with van der Waals surface area (Å²) in [5, 5.41) is 18.7. The summed E-state index contributed by atoms with van der Waals surface area (Å²) in [5.41, 5.74) is 3.37. The van der Waals surface area contributed by atoms with Crippen molar-refractivity contribution in [2.45, 2.75) is 0 Å². The Morgan fingerprint density at radius 2 is 1.63 bits per heavy atom. The lowest BCUT2D eigenvalue weighted by Crippen LogP contribution is -2.50. The van der Waals surface area contributed by atoms with Crippen LogP contribution in [0.2, 0.25) is 0 Å². The van der Waals surface area contributed by atoms with Crippen molar-refractivity contribution in [3.8, 4) is 0 Å². The Balaban J connectivity index is 1.14. The van der Waals surface area contributed by atoms with Gasteiger partial charge in [-0.05, 0) is 46.8 Å². The van der Waals surface area contributed by atoms with Crippen molar-refractivity contribution in [3.63, 3.8) is 0 Å². The van der Waals surface area contributed by atoms with Gasteiger partial charge in [0, 0.05) is 43.5 Å². The highest BCUT2D eigenvalue weighted by atomic mass is 16.5. The third-order valence-corrected chi connectivity index (χ3v) is 5.92. The summed E-state index contributed by atoms with van der Waals surface area (Å²) in [6.45, 7) is 1.75. The van der Waals surface area contributed by atoms with Crippen molar-refractivity contribution >= 4 is 40.0 Å². The molecule has 0 radical (unpaired) electrons. The number of tetrazole rings is 1. The van der Waals surface area contributed by atoms with Gasteiger partial charge in [-0.1, -0.05) is 17.3 Å². The van der Waals surface area contributed by atoms with E-state index in [-0.39, 0.29) is 17.6 Å². The zero-order valence-corrected chi connectivity index (χ0v) is 18.4. The molecule has 1 saturated heterocycles. The standard InChI is InChI=1S/C23H19N9O3/c33-22(30-11-13-31(14-12-30)23(34)19-9-10-24-35-19)15-5-7-16(8-6-15)25-20-21-27-28-29-32(21)18-4-2-1-3-17(18)26-20/h1-10H,11-14H2,(H,25,26). The number of fused-ring (bicyclic) bond motifs is 3. The van der Waals surface area contributed by atoms with Crippen molar-refractivity contribution in [2.75, 3.05) is 31.5 Å². The summed E-state index contributed by atoms with van der Waals surface area (Å²) >= 11 is 0. The number of hydrogen-bond donors (Lipinski definition) is 1. The molecule has 1 aliphatic heterocycles. The number of carbonyl (C=O) groups is 2. The van der Waals surface area contributed by atoms with Crippen LogP contribution in [0.1, 0.15) is 20.9 Å². The van der Waals surface area contributed by atoms with Gasteiger partial charge in [-0.2, -0.15) is 4.52 Å². The van der Waals surface area contributed by atoms with Crippen LogP contribution in [0.15, 0.2) is 65.3 Å². The maximum atomic E-state index is 13.0. The Hall–Kier alpha value is -4.87. The van der Waals surface area contributed by atoms with Crippen LogP contribution < -0.4 is 5.32 Å². The molecule has 2 aromatic carbocycles. The predicted octanol–water partition coefficient (Wildman–Crippen LogP) is 2.00. The van der Waals surface area contributed by atoms with Gasteiger partial charge in [0.15, 0.2) is 5.82 Å². The van der Waals surface area contributed by atoms with Crippen LogP contribution >= 0.6 is 0 Å². The summed E-state index contributed by atoms with van der Waals surface area (Å²) in [7, 11) is 0. The van der Waals surface area contributed by atoms with E-state index in [0.29, 0.717) is 43.2 Å². The predicted molar refractivity (Wildman–Crippen MR) is 124 cm³/mol. The highest BCUT2D eigenvalue weighted by Gasteiger charge is 2.27. The van der Waals surface area contributed by atoms with E-state index in [1.807, 2.05) is 36.4 Å². The van der Waals surface area contributed by atoms with E-state index in [9.17, 15) is 9.59 Å².